The molecule has 0 aromatic carbocycles. The Bertz CT molecular complexity index is 608. The first-order chi connectivity index (χ1) is 10.7. The fourth-order valence-corrected chi connectivity index (χ4v) is 2.27. The molecule has 0 saturated carbocycles. The maximum absolute atomic E-state index is 4.71. The molecule has 2 heterocycles. The number of hydrogen-bond acceptors (Lipinski definition) is 5. The molecule has 0 unspecified atom stereocenters. The third kappa shape index (κ3) is 3.93. The molecule has 0 spiro atoms. The van der Waals surface area contributed by atoms with Crippen molar-refractivity contribution >= 4 is 11.6 Å². The van der Waals surface area contributed by atoms with Gasteiger partial charge >= 0.3 is 0 Å². The average molecular weight is 299 g/mol. The van der Waals surface area contributed by atoms with Crippen LogP contribution < -0.4 is 10.2 Å². The normalized spacial score (nSPS) is 10.5. The van der Waals surface area contributed by atoms with Crippen LogP contribution in [0.3, 0.4) is 0 Å². The van der Waals surface area contributed by atoms with Crippen LogP contribution in [0, 0.1) is 6.92 Å². The van der Waals surface area contributed by atoms with Gasteiger partial charge in [0.2, 0.25) is 0 Å². The van der Waals surface area contributed by atoms with E-state index in [2.05, 4.69) is 41.0 Å². The van der Waals surface area contributed by atoms with Gasteiger partial charge in [-0.2, -0.15) is 0 Å². The summed E-state index contributed by atoms with van der Waals surface area (Å²) >= 11 is 0. The Kier molecular flexibility index (Phi) is 5.69. The third-order valence-corrected chi connectivity index (χ3v) is 3.47. The first-order valence-corrected chi connectivity index (χ1v) is 7.99. The van der Waals surface area contributed by atoms with E-state index in [1.165, 1.54) is 0 Å². The maximum Gasteiger partial charge on any atom is 0.182 e. The standard InChI is InChI=1S/C17H25N5/c1-5-11-18-15-12-16(22(6-2)7-3)21-17(20-15)14-10-8-9-13(4)19-14/h8-10,12H,5-7,11H2,1-4H3,(H,18,20,21). The Morgan fingerprint density at radius 2 is 1.82 bits per heavy atom. The monoisotopic (exact) mass is 299 g/mol. The molecule has 0 radical (unpaired) electrons. The molecular weight excluding hydrogens is 274 g/mol. The second kappa shape index (κ2) is 7.73. The molecule has 5 heteroatoms. The largest absolute Gasteiger partial charge is 0.370 e. The van der Waals surface area contributed by atoms with Crippen LogP contribution in [0.1, 0.15) is 32.9 Å². The van der Waals surface area contributed by atoms with Gasteiger partial charge in [0.15, 0.2) is 5.82 Å². The Morgan fingerprint density at radius 3 is 2.45 bits per heavy atom. The average Bonchev–Trinajstić information content (AvgIpc) is 2.54. The molecule has 2 aromatic heterocycles. The number of aryl methyl sites for hydroxylation is 1. The van der Waals surface area contributed by atoms with Crippen molar-refractivity contribution in [1.82, 2.24) is 15.0 Å². The molecule has 1 N–H and O–H groups in total. The molecule has 0 aliphatic heterocycles. The molecule has 5 nitrogen and oxygen atoms in total. The van der Waals surface area contributed by atoms with Crippen LogP contribution in [0.15, 0.2) is 24.3 Å². The van der Waals surface area contributed by atoms with Gasteiger partial charge in [0, 0.05) is 31.4 Å². The summed E-state index contributed by atoms with van der Waals surface area (Å²) < 4.78 is 0. The van der Waals surface area contributed by atoms with Crippen molar-refractivity contribution in [1.29, 1.82) is 0 Å². The van der Waals surface area contributed by atoms with Crippen molar-refractivity contribution in [3.05, 3.63) is 30.0 Å². The van der Waals surface area contributed by atoms with E-state index in [4.69, 9.17) is 4.98 Å². The van der Waals surface area contributed by atoms with Gasteiger partial charge in [0.1, 0.15) is 17.3 Å². The summed E-state index contributed by atoms with van der Waals surface area (Å²) in [5.41, 5.74) is 1.78. The number of nitrogens with zero attached hydrogens (tertiary/aromatic N) is 4. The molecule has 0 saturated heterocycles. The smallest absolute Gasteiger partial charge is 0.182 e. The van der Waals surface area contributed by atoms with Crippen LogP contribution in [-0.2, 0) is 0 Å². The van der Waals surface area contributed by atoms with Gasteiger partial charge < -0.3 is 10.2 Å². The number of pyridine rings is 1. The molecule has 0 atom stereocenters. The van der Waals surface area contributed by atoms with Crippen molar-refractivity contribution in [2.45, 2.75) is 34.1 Å². The highest BCUT2D eigenvalue weighted by Crippen LogP contribution is 2.21. The number of hydrogen-bond donors (Lipinski definition) is 1. The predicted molar refractivity (Wildman–Crippen MR) is 92.3 cm³/mol. The summed E-state index contributed by atoms with van der Waals surface area (Å²) in [6, 6.07) is 7.94. The molecule has 0 fully saturated rings. The van der Waals surface area contributed by atoms with E-state index in [1.54, 1.807) is 0 Å². The molecule has 0 bridgehead atoms. The highest BCUT2D eigenvalue weighted by Gasteiger charge is 2.11. The van der Waals surface area contributed by atoms with Gasteiger partial charge in [0.05, 0.1) is 0 Å². The second-order valence-corrected chi connectivity index (χ2v) is 5.20. The highest BCUT2D eigenvalue weighted by molar-refractivity contribution is 5.59. The second-order valence-electron chi connectivity index (χ2n) is 5.20. The summed E-state index contributed by atoms with van der Waals surface area (Å²) in [7, 11) is 0. The summed E-state index contributed by atoms with van der Waals surface area (Å²) in [6.07, 6.45) is 1.06. The lowest BCUT2D eigenvalue weighted by Gasteiger charge is -2.21. The minimum Gasteiger partial charge on any atom is -0.370 e. The summed E-state index contributed by atoms with van der Waals surface area (Å²) in [5, 5.41) is 3.36. The van der Waals surface area contributed by atoms with E-state index >= 15 is 0 Å². The fraction of sp³-hybridized carbons (Fsp3) is 0.471. The lowest BCUT2D eigenvalue weighted by Crippen LogP contribution is -2.23. The van der Waals surface area contributed by atoms with Gasteiger partial charge in [-0.3, -0.25) is 0 Å². The van der Waals surface area contributed by atoms with Crippen molar-refractivity contribution < 1.29 is 0 Å². The fourth-order valence-electron chi connectivity index (χ4n) is 2.27. The van der Waals surface area contributed by atoms with E-state index in [-0.39, 0.29) is 0 Å². The van der Waals surface area contributed by atoms with Crippen LogP contribution in [0.2, 0.25) is 0 Å². The van der Waals surface area contributed by atoms with E-state index in [9.17, 15) is 0 Å². The highest BCUT2D eigenvalue weighted by atomic mass is 15.2. The first kappa shape index (κ1) is 16.2. The maximum atomic E-state index is 4.71. The molecule has 0 aliphatic rings. The minimum absolute atomic E-state index is 0.673. The van der Waals surface area contributed by atoms with Crippen LogP contribution in [0.5, 0.6) is 0 Å². The molecule has 0 amide bonds. The number of rotatable bonds is 7. The van der Waals surface area contributed by atoms with Crippen LogP contribution in [0.25, 0.3) is 11.5 Å². The van der Waals surface area contributed by atoms with Crippen molar-refractivity contribution in [2.75, 3.05) is 29.9 Å². The van der Waals surface area contributed by atoms with Gasteiger partial charge in [-0.05, 0) is 39.3 Å². The van der Waals surface area contributed by atoms with Crippen LogP contribution in [0.4, 0.5) is 11.6 Å². The molecule has 118 valence electrons. The Labute approximate surface area is 132 Å². The number of nitrogens with one attached hydrogen (secondary N) is 1. The van der Waals surface area contributed by atoms with Gasteiger partial charge in [-0.1, -0.05) is 13.0 Å². The van der Waals surface area contributed by atoms with Crippen molar-refractivity contribution in [3.63, 3.8) is 0 Å². The molecule has 2 rings (SSSR count). The summed E-state index contributed by atoms with van der Waals surface area (Å²) in [5.74, 6) is 2.47. The zero-order chi connectivity index (χ0) is 15.9. The van der Waals surface area contributed by atoms with Gasteiger partial charge in [-0.15, -0.1) is 0 Å². The SMILES string of the molecule is CCCNc1cc(N(CC)CC)nc(-c2cccc(C)n2)n1. The molecule has 22 heavy (non-hydrogen) atoms. The van der Waals surface area contributed by atoms with Crippen molar-refractivity contribution in [3.8, 4) is 11.5 Å². The van der Waals surface area contributed by atoms with Gasteiger partial charge in [-0.25, -0.2) is 15.0 Å². The Hall–Kier alpha value is -2.17. The van der Waals surface area contributed by atoms with E-state index in [0.29, 0.717) is 5.82 Å². The minimum atomic E-state index is 0.673. The predicted octanol–water partition coefficient (Wildman–Crippen LogP) is 3.52. The lowest BCUT2D eigenvalue weighted by atomic mass is 10.3. The Balaban J connectivity index is 2.45. The summed E-state index contributed by atoms with van der Waals surface area (Å²) in [4.78, 5) is 16.1. The topological polar surface area (TPSA) is 53.9 Å². The molecule has 2 aromatic rings. The van der Waals surface area contributed by atoms with Crippen LogP contribution >= 0.6 is 0 Å². The third-order valence-electron chi connectivity index (χ3n) is 3.47. The number of aromatic nitrogens is 3. The zero-order valence-electron chi connectivity index (χ0n) is 13.9. The van der Waals surface area contributed by atoms with E-state index in [0.717, 1.165) is 49.1 Å². The molecular formula is C17H25N5. The lowest BCUT2D eigenvalue weighted by molar-refractivity contribution is 0.841. The number of anilines is 2. The summed E-state index contributed by atoms with van der Waals surface area (Å²) in [6.45, 7) is 11.1. The van der Waals surface area contributed by atoms with Crippen molar-refractivity contribution in [2.24, 2.45) is 0 Å². The van der Waals surface area contributed by atoms with E-state index < -0.39 is 0 Å². The van der Waals surface area contributed by atoms with E-state index in [1.807, 2.05) is 31.2 Å². The first-order valence-electron chi connectivity index (χ1n) is 7.99. The molecule has 0 aliphatic carbocycles. The van der Waals surface area contributed by atoms with Crippen LogP contribution in [-0.4, -0.2) is 34.6 Å². The quantitative estimate of drug-likeness (QED) is 0.848. The zero-order valence-corrected chi connectivity index (χ0v) is 13.9. The van der Waals surface area contributed by atoms with Gasteiger partial charge in [0.25, 0.3) is 0 Å². The Morgan fingerprint density at radius 1 is 1.05 bits per heavy atom.